The van der Waals surface area contributed by atoms with E-state index in [-0.39, 0.29) is 11.9 Å². The number of hydrogen-bond donors (Lipinski definition) is 1. The average molecular weight is 130 g/mol. The van der Waals surface area contributed by atoms with E-state index in [1.807, 2.05) is 14.0 Å². The van der Waals surface area contributed by atoms with E-state index < -0.39 is 0 Å². The van der Waals surface area contributed by atoms with E-state index in [0.717, 1.165) is 0 Å². The van der Waals surface area contributed by atoms with E-state index in [1.165, 1.54) is 0 Å². The van der Waals surface area contributed by atoms with E-state index in [1.54, 1.807) is 11.1 Å². The third kappa shape index (κ3) is 1.77. The number of halogens is 1. The fourth-order valence-electron chi connectivity index (χ4n) is 0.981. The van der Waals surface area contributed by atoms with Gasteiger partial charge in [0, 0.05) is 13.1 Å². The van der Waals surface area contributed by atoms with Crippen LogP contribution in [-0.2, 0) is 0 Å². The fourth-order valence-corrected chi connectivity index (χ4v) is 0.981. The van der Waals surface area contributed by atoms with Gasteiger partial charge in [-0.2, -0.15) is 0 Å². The van der Waals surface area contributed by atoms with Crippen molar-refractivity contribution in [1.82, 2.24) is 10.4 Å². The Kier molecular flexibility index (Phi) is 1.83. The van der Waals surface area contributed by atoms with Crippen molar-refractivity contribution in [3.63, 3.8) is 0 Å². The highest BCUT2D eigenvalue weighted by Crippen LogP contribution is 2.05. The zero-order valence-electron chi connectivity index (χ0n) is 5.69. The third-order valence-corrected chi connectivity index (χ3v) is 1.24. The van der Waals surface area contributed by atoms with Crippen LogP contribution in [-0.4, -0.2) is 24.6 Å². The molecule has 9 heavy (non-hydrogen) atoms. The first-order valence-electron chi connectivity index (χ1n) is 3.02. The highest BCUT2D eigenvalue weighted by Gasteiger charge is 2.11. The van der Waals surface area contributed by atoms with Gasteiger partial charge in [-0.15, -0.1) is 0 Å². The molecule has 52 valence electrons. The molecule has 2 nitrogen and oxygen atoms in total. The number of rotatable bonds is 0. The van der Waals surface area contributed by atoms with Crippen LogP contribution in [0.15, 0.2) is 11.9 Å². The fraction of sp³-hybridized carbons (Fsp3) is 0.667. The molecule has 0 saturated heterocycles. The van der Waals surface area contributed by atoms with Gasteiger partial charge in [0.05, 0.1) is 6.54 Å². The summed E-state index contributed by atoms with van der Waals surface area (Å²) in [7, 11) is 1.82. The van der Waals surface area contributed by atoms with Crippen molar-refractivity contribution in [1.29, 1.82) is 0 Å². The molecule has 0 spiro atoms. The van der Waals surface area contributed by atoms with Crippen molar-refractivity contribution in [2.45, 2.75) is 13.0 Å². The predicted molar refractivity (Wildman–Crippen MR) is 34.4 cm³/mol. The third-order valence-electron chi connectivity index (χ3n) is 1.24. The first-order chi connectivity index (χ1) is 4.18. The molecule has 0 aromatic heterocycles. The molecule has 0 aliphatic carbocycles. The maximum absolute atomic E-state index is 12.5. The summed E-state index contributed by atoms with van der Waals surface area (Å²) in [6.45, 7) is 2.29. The second-order valence-corrected chi connectivity index (χ2v) is 2.39. The summed E-state index contributed by atoms with van der Waals surface area (Å²) in [5.74, 6) is -0.0521. The molecule has 1 N–H and O–H groups in total. The lowest BCUT2D eigenvalue weighted by molar-refractivity contribution is 0.206. The molecular weight excluding hydrogens is 119 g/mol. The average Bonchev–Trinajstić information content (AvgIpc) is 1.59. The second kappa shape index (κ2) is 2.45. The van der Waals surface area contributed by atoms with Crippen molar-refractivity contribution in [3.8, 4) is 0 Å². The Morgan fingerprint density at radius 1 is 1.89 bits per heavy atom. The van der Waals surface area contributed by atoms with E-state index in [9.17, 15) is 4.39 Å². The molecule has 0 radical (unpaired) electrons. The van der Waals surface area contributed by atoms with Gasteiger partial charge in [0.15, 0.2) is 0 Å². The smallest absolute Gasteiger partial charge is 0.113 e. The van der Waals surface area contributed by atoms with Gasteiger partial charge in [0.2, 0.25) is 0 Å². The molecule has 1 aliphatic heterocycles. The summed E-state index contributed by atoms with van der Waals surface area (Å²) in [5, 5.41) is 1.74. The second-order valence-electron chi connectivity index (χ2n) is 2.39. The summed E-state index contributed by atoms with van der Waals surface area (Å²) in [6.07, 6.45) is 1.58. The number of hydrazine groups is 1. The van der Waals surface area contributed by atoms with Gasteiger partial charge in [-0.1, -0.05) is 0 Å². The number of hydrogen-bond acceptors (Lipinski definition) is 2. The molecule has 3 heteroatoms. The van der Waals surface area contributed by atoms with Crippen molar-refractivity contribution >= 4 is 0 Å². The van der Waals surface area contributed by atoms with Gasteiger partial charge < -0.3 is 0 Å². The van der Waals surface area contributed by atoms with Crippen LogP contribution in [0.5, 0.6) is 0 Å². The lowest BCUT2D eigenvalue weighted by Gasteiger charge is -2.25. The summed E-state index contributed by atoms with van der Waals surface area (Å²) >= 11 is 0. The monoisotopic (exact) mass is 130 g/mol. The summed E-state index contributed by atoms with van der Waals surface area (Å²) in [6, 6.07) is 0.128. The van der Waals surface area contributed by atoms with Gasteiger partial charge in [0.1, 0.15) is 5.83 Å². The van der Waals surface area contributed by atoms with E-state index in [2.05, 4.69) is 5.43 Å². The highest BCUT2D eigenvalue weighted by atomic mass is 19.1. The molecule has 0 saturated carbocycles. The Morgan fingerprint density at radius 2 is 2.56 bits per heavy atom. The van der Waals surface area contributed by atoms with E-state index >= 15 is 0 Å². The molecule has 0 amide bonds. The molecule has 1 rings (SSSR count). The molecule has 1 atom stereocenters. The zero-order chi connectivity index (χ0) is 6.85. The number of nitrogens with zero attached hydrogens (tertiary/aromatic N) is 1. The van der Waals surface area contributed by atoms with Crippen molar-refractivity contribution in [3.05, 3.63) is 11.9 Å². The van der Waals surface area contributed by atoms with Crippen LogP contribution in [0.3, 0.4) is 0 Å². The Bertz CT molecular complexity index is 133. The lowest BCUT2D eigenvalue weighted by Crippen LogP contribution is -2.43. The topological polar surface area (TPSA) is 15.3 Å². The van der Waals surface area contributed by atoms with Crippen molar-refractivity contribution < 1.29 is 4.39 Å². The molecule has 1 aliphatic rings. The quantitative estimate of drug-likeness (QED) is 0.518. The van der Waals surface area contributed by atoms with Crippen molar-refractivity contribution in [2.24, 2.45) is 0 Å². The standard InChI is InChI=1S/C6H11FN2/c1-5-3-6(7)4-9(2)8-5/h3,5,8H,4H2,1-2H3. The molecular formula is C6H11FN2. The van der Waals surface area contributed by atoms with Gasteiger partial charge in [-0.05, 0) is 13.0 Å². The summed E-state index contributed by atoms with van der Waals surface area (Å²) < 4.78 is 12.5. The molecule has 1 heterocycles. The van der Waals surface area contributed by atoms with Crippen LogP contribution in [0.4, 0.5) is 4.39 Å². The van der Waals surface area contributed by atoms with Gasteiger partial charge in [-0.25, -0.2) is 14.8 Å². The Hall–Kier alpha value is -0.410. The van der Waals surface area contributed by atoms with Crippen LogP contribution < -0.4 is 5.43 Å². The maximum Gasteiger partial charge on any atom is 0.113 e. The van der Waals surface area contributed by atoms with Crippen LogP contribution in [0.1, 0.15) is 6.92 Å². The van der Waals surface area contributed by atoms with Crippen LogP contribution >= 0.6 is 0 Å². The van der Waals surface area contributed by atoms with Gasteiger partial charge >= 0.3 is 0 Å². The minimum atomic E-state index is -0.0521. The van der Waals surface area contributed by atoms with Gasteiger partial charge in [0.25, 0.3) is 0 Å². The molecule has 0 bridgehead atoms. The number of nitrogens with one attached hydrogen (secondary N) is 1. The normalized spacial score (nSPS) is 30.1. The van der Waals surface area contributed by atoms with Crippen LogP contribution in [0.2, 0.25) is 0 Å². The zero-order valence-corrected chi connectivity index (χ0v) is 5.69. The summed E-state index contributed by atoms with van der Waals surface area (Å²) in [5.41, 5.74) is 3.03. The SMILES string of the molecule is CC1C=C(F)CN(C)N1. The predicted octanol–water partition coefficient (Wildman–Crippen LogP) is 0.678. The first kappa shape index (κ1) is 6.71. The van der Waals surface area contributed by atoms with Crippen molar-refractivity contribution in [2.75, 3.05) is 13.6 Å². The highest BCUT2D eigenvalue weighted by molar-refractivity contribution is 5.02. The maximum atomic E-state index is 12.5. The Balaban J connectivity index is 2.56. The largest absolute Gasteiger partial charge is 0.248 e. The molecule has 0 fully saturated rings. The van der Waals surface area contributed by atoms with E-state index in [0.29, 0.717) is 6.54 Å². The summed E-state index contributed by atoms with van der Waals surface area (Å²) in [4.78, 5) is 0. The Labute approximate surface area is 54.3 Å². The lowest BCUT2D eigenvalue weighted by atomic mass is 10.3. The Morgan fingerprint density at radius 3 is 3.00 bits per heavy atom. The van der Waals surface area contributed by atoms with E-state index in [4.69, 9.17) is 0 Å². The minimum absolute atomic E-state index is 0.0521. The molecule has 1 unspecified atom stereocenters. The van der Waals surface area contributed by atoms with Gasteiger partial charge in [-0.3, -0.25) is 0 Å². The van der Waals surface area contributed by atoms with Crippen LogP contribution in [0, 0.1) is 0 Å². The number of likely N-dealkylation sites (N-methyl/N-ethyl adjacent to an activating group) is 1. The first-order valence-corrected chi connectivity index (χ1v) is 3.02. The molecule has 0 aromatic rings. The van der Waals surface area contributed by atoms with Crippen LogP contribution in [0.25, 0.3) is 0 Å². The molecule has 0 aromatic carbocycles. The minimum Gasteiger partial charge on any atom is -0.248 e.